The molecule has 1 aliphatic heterocycles. The van der Waals surface area contributed by atoms with Gasteiger partial charge in [-0.25, -0.2) is 0 Å². The van der Waals surface area contributed by atoms with Crippen LogP contribution in [0.4, 0.5) is 0 Å². The zero-order valence-electron chi connectivity index (χ0n) is 11.2. The fourth-order valence-electron chi connectivity index (χ4n) is 1.67. The highest BCUT2D eigenvalue weighted by molar-refractivity contribution is 8.26. The van der Waals surface area contributed by atoms with Crippen molar-refractivity contribution in [1.29, 1.82) is 0 Å². The Hall–Kier alpha value is -1.66. The number of aryl methyl sites for hydroxylation is 1. The zero-order valence-corrected chi connectivity index (χ0v) is 12.8. The summed E-state index contributed by atoms with van der Waals surface area (Å²) in [6, 6.07) is 7.86. The molecule has 1 aromatic carbocycles. The van der Waals surface area contributed by atoms with Crippen molar-refractivity contribution in [3.05, 3.63) is 40.3 Å². The van der Waals surface area contributed by atoms with E-state index in [1.54, 1.807) is 6.08 Å². The predicted octanol–water partition coefficient (Wildman–Crippen LogP) is 1.94. The number of thiocarbonyl (C=S) groups is 1. The van der Waals surface area contributed by atoms with E-state index in [0.717, 1.165) is 11.1 Å². The third-order valence-electron chi connectivity index (χ3n) is 2.83. The number of carbonyl (C=O) groups excluding carboxylic acids is 2. The third-order valence-corrected chi connectivity index (χ3v) is 4.21. The number of thioether (sulfide) groups is 1. The molecule has 1 aliphatic rings. The molecule has 2 rings (SSSR count). The van der Waals surface area contributed by atoms with Crippen molar-refractivity contribution < 1.29 is 9.59 Å². The molecule has 0 radical (unpaired) electrons. The number of nitrogens with zero attached hydrogens (tertiary/aromatic N) is 1. The molecule has 6 heteroatoms. The van der Waals surface area contributed by atoms with Crippen LogP contribution in [0.15, 0.2) is 29.2 Å². The maximum Gasteiger partial charge on any atom is 0.266 e. The van der Waals surface area contributed by atoms with E-state index in [1.807, 2.05) is 31.2 Å². The van der Waals surface area contributed by atoms with Gasteiger partial charge in [-0.3, -0.25) is 14.5 Å². The van der Waals surface area contributed by atoms with Crippen LogP contribution in [0.1, 0.15) is 11.1 Å². The monoisotopic (exact) mass is 306 g/mol. The summed E-state index contributed by atoms with van der Waals surface area (Å²) in [5.41, 5.74) is 2.10. The first kappa shape index (κ1) is 14.7. The fourth-order valence-corrected chi connectivity index (χ4v) is 2.93. The number of amides is 2. The van der Waals surface area contributed by atoms with Gasteiger partial charge in [0.1, 0.15) is 10.9 Å². The molecule has 0 bridgehead atoms. The SMILES string of the molecule is CNC(=O)CN1C(=O)/C(=C/c2ccc(C)cc2)SC1=S. The number of rotatable bonds is 3. The summed E-state index contributed by atoms with van der Waals surface area (Å²) in [6.07, 6.45) is 1.79. The molecule has 104 valence electrons. The van der Waals surface area contributed by atoms with Gasteiger partial charge in [0.25, 0.3) is 5.91 Å². The Balaban J connectivity index is 2.19. The molecule has 0 spiro atoms. The minimum atomic E-state index is -0.238. The van der Waals surface area contributed by atoms with Crippen molar-refractivity contribution >= 4 is 46.2 Å². The highest BCUT2D eigenvalue weighted by Crippen LogP contribution is 2.32. The van der Waals surface area contributed by atoms with Crippen LogP contribution in [0.3, 0.4) is 0 Å². The Morgan fingerprint density at radius 3 is 2.65 bits per heavy atom. The van der Waals surface area contributed by atoms with Gasteiger partial charge in [-0.05, 0) is 18.6 Å². The number of carbonyl (C=O) groups is 2. The Bertz CT molecular complexity index is 594. The van der Waals surface area contributed by atoms with Crippen LogP contribution in [0.25, 0.3) is 6.08 Å². The lowest BCUT2D eigenvalue weighted by Gasteiger charge is -2.12. The van der Waals surface area contributed by atoms with Crippen LogP contribution in [0.5, 0.6) is 0 Å². The molecule has 0 atom stereocenters. The summed E-state index contributed by atoms with van der Waals surface area (Å²) in [5.74, 6) is -0.456. The van der Waals surface area contributed by atoms with E-state index in [1.165, 1.54) is 23.7 Å². The lowest BCUT2D eigenvalue weighted by atomic mass is 10.1. The van der Waals surface area contributed by atoms with Crippen LogP contribution in [-0.4, -0.2) is 34.6 Å². The van der Waals surface area contributed by atoms with Crippen molar-refractivity contribution in [1.82, 2.24) is 10.2 Å². The Kier molecular flexibility index (Phi) is 4.57. The first-order valence-electron chi connectivity index (χ1n) is 6.04. The van der Waals surface area contributed by atoms with Crippen LogP contribution in [0.2, 0.25) is 0 Å². The van der Waals surface area contributed by atoms with E-state index in [4.69, 9.17) is 12.2 Å². The van der Waals surface area contributed by atoms with Crippen molar-refractivity contribution in [2.75, 3.05) is 13.6 Å². The molecule has 1 saturated heterocycles. The maximum absolute atomic E-state index is 12.2. The van der Waals surface area contributed by atoms with Crippen LogP contribution >= 0.6 is 24.0 Å². The largest absolute Gasteiger partial charge is 0.358 e. The van der Waals surface area contributed by atoms with E-state index < -0.39 is 0 Å². The van der Waals surface area contributed by atoms with Crippen molar-refractivity contribution in [3.8, 4) is 0 Å². The molecule has 1 fully saturated rings. The van der Waals surface area contributed by atoms with E-state index in [9.17, 15) is 9.59 Å². The summed E-state index contributed by atoms with van der Waals surface area (Å²) in [7, 11) is 1.53. The highest BCUT2D eigenvalue weighted by atomic mass is 32.2. The van der Waals surface area contributed by atoms with Gasteiger partial charge in [0.05, 0.1) is 4.91 Å². The summed E-state index contributed by atoms with van der Waals surface area (Å²) in [4.78, 5) is 25.4. The summed E-state index contributed by atoms with van der Waals surface area (Å²) in [6.45, 7) is 1.97. The lowest BCUT2D eigenvalue weighted by molar-refractivity contribution is -0.128. The molecule has 20 heavy (non-hydrogen) atoms. The average molecular weight is 306 g/mol. The standard InChI is InChI=1S/C14H14N2O2S2/c1-9-3-5-10(6-4-9)7-11-13(18)16(14(19)20-11)8-12(17)15-2/h3-7H,8H2,1-2H3,(H,15,17)/b11-7-. The predicted molar refractivity (Wildman–Crippen MR) is 85.1 cm³/mol. The van der Waals surface area contributed by atoms with Gasteiger partial charge < -0.3 is 5.32 Å². The molecule has 4 nitrogen and oxygen atoms in total. The first-order valence-corrected chi connectivity index (χ1v) is 7.26. The molecule has 0 unspecified atom stereocenters. The fraction of sp³-hybridized carbons (Fsp3) is 0.214. The third kappa shape index (κ3) is 3.26. The van der Waals surface area contributed by atoms with Crippen LogP contribution in [0, 0.1) is 6.92 Å². The van der Waals surface area contributed by atoms with Gasteiger partial charge in [0, 0.05) is 7.05 Å². The summed E-state index contributed by atoms with van der Waals surface area (Å²) in [5, 5.41) is 2.48. The topological polar surface area (TPSA) is 49.4 Å². The molecular formula is C14H14N2O2S2. The van der Waals surface area contributed by atoms with E-state index >= 15 is 0 Å². The van der Waals surface area contributed by atoms with Crippen molar-refractivity contribution in [3.63, 3.8) is 0 Å². The second kappa shape index (κ2) is 6.19. The van der Waals surface area contributed by atoms with Gasteiger partial charge in [-0.15, -0.1) is 0 Å². The zero-order chi connectivity index (χ0) is 14.7. The van der Waals surface area contributed by atoms with Crippen molar-refractivity contribution in [2.45, 2.75) is 6.92 Å². The van der Waals surface area contributed by atoms with Gasteiger partial charge in [-0.2, -0.15) is 0 Å². The molecular weight excluding hydrogens is 292 g/mol. The minimum absolute atomic E-state index is 0.0353. The number of likely N-dealkylation sites (N-methyl/N-ethyl adjacent to an activating group) is 1. The maximum atomic E-state index is 12.2. The lowest BCUT2D eigenvalue weighted by Crippen LogP contribution is -2.38. The highest BCUT2D eigenvalue weighted by Gasteiger charge is 2.33. The van der Waals surface area contributed by atoms with Crippen LogP contribution in [-0.2, 0) is 9.59 Å². The minimum Gasteiger partial charge on any atom is -0.358 e. The molecule has 1 N–H and O–H groups in total. The number of hydrogen-bond acceptors (Lipinski definition) is 4. The number of benzene rings is 1. The van der Waals surface area contributed by atoms with E-state index in [0.29, 0.717) is 9.23 Å². The molecule has 1 heterocycles. The van der Waals surface area contributed by atoms with Gasteiger partial charge in [0.15, 0.2) is 0 Å². The normalized spacial score (nSPS) is 16.9. The second-order valence-corrected chi connectivity index (χ2v) is 6.03. The number of hydrogen-bond donors (Lipinski definition) is 1. The summed E-state index contributed by atoms with van der Waals surface area (Å²) >= 11 is 6.37. The average Bonchev–Trinajstić information content (AvgIpc) is 2.69. The van der Waals surface area contributed by atoms with E-state index in [-0.39, 0.29) is 18.4 Å². The second-order valence-electron chi connectivity index (χ2n) is 4.35. The Morgan fingerprint density at radius 2 is 2.05 bits per heavy atom. The van der Waals surface area contributed by atoms with Gasteiger partial charge in [-0.1, -0.05) is 53.8 Å². The molecule has 0 aromatic heterocycles. The van der Waals surface area contributed by atoms with E-state index in [2.05, 4.69) is 5.32 Å². The van der Waals surface area contributed by atoms with Gasteiger partial charge in [0.2, 0.25) is 5.91 Å². The quantitative estimate of drug-likeness (QED) is 0.685. The smallest absolute Gasteiger partial charge is 0.266 e. The number of nitrogens with one attached hydrogen (secondary N) is 1. The Morgan fingerprint density at radius 1 is 1.40 bits per heavy atom. The molecule has 0 saturated carbocycles. The van der Waals surface area contributed by atoms with Crippen molar-refractivity contribution in [2.24, 2.45) is 0 Å². The first-order chi connectivity index (χ1) is 9.51. The molecule has 0 aliphatic carbocycles. The summed E-state index contributed by atoms with van der Waals surface area (Å²) < 4.78 is 0.414. The molecule has 2 amide bonds. The van der Waals surface area contributed by atoms with Crippen LogP contribution < -0.4 is 5.32 Å². The van der Waals surface area contributed by atoms with Gasteiger partial charge >= 0.3 is 0 Å². The Labute approximate surface area is 127 Å². The molecule has 1 aromatic rings.